The van der Waals surface area contributed by atoms with Crippen molar-refractivity contribution < 1.29 is 54.2 Å². The van der Waals surface area contributed by atoms with E-state index in [4.69, 9.17) is 0 Å². The number of ether oxygens (including phenoxy) is 1. The number of hydrogen-bond donors (Lipinski definition) is 1. The summed E-state index contributed by atoms with van der Waals surface area (Å²) in [6.07, 6.45) is -12.5. The van der Waals surface area contributed by atoms with Crippen LogP contribution in [0.2, 0.25) is 0 Å². The van der Waals surface area contributed by atoms with Crippen molar-refractivity contribution in [3.8, 4) is 5.75 Å². The number of anilines is 2. The van der Waals surface area contributed by atoms with E-state index in [0.717, 1.165) is 16.9 Å². The zero-order valence-electron chi connectivity index (χ0n) is 25.8. The molecule has 1 aliphatic rings. The predicted molar refractivity (Wildman–Crippen MR) is 154 cm³/mol. The van der Waals surface area contributed by atoms with E-state index in [-0.39, 0.29) is 30.0 Å². The topological polar surface area (TPSA) is 96.6 Å². The first-order valence-electron chi connectivity index (χ1n) is 15.0. The van der Waals surface area contributed by atoms with Crippen LogP contribution in [-0.2, 0) is 37.3 Å². The molecule has 2 aromatic carbocycles. The average Bonchev–Trinajstić information content (AvgIpc) is 3.41. The molecule has 1 fully saturated rings. The second kappa shape index (κ2) is 14.5. The molecule has 9 nitrogen and oxygen atoms in total. The van der Waals surface area contributed by atoms with Gasteiger partial charge < -0.3 is 19.6 Å². The summed E-state index contributed by atoms with van der Waals surface area (Å²) in [5, 5.41) is 21.0. The first kappa shape index (κ1) is 36.6. The maximum absolute atomic E-state index is 13.6. The fourth-order valence-corrected chi connectivity index (χ4v) is 5.81. The molecule has 0 atom stereocenters. The minimum absolute atomic E-state index is 0.00295. The quantitative estimate of drug-likeness (QED) is 0.195. The molecule has 1 aliphatic carbocycles. The largest absolute Gasteiger partial charge is 0.573 e. The molecular formula is C30H33F9N6O3. The van der Waals surface area contributed by atoms with Gasteiger partial charge in [-0.1, -0.05) is 12.0 Å². The van der Waals surface area contributed by atoms with Crippen molar-refractivity contribution in [2.45, 2.75) is 70.8 Å². The minimum atomic E-state index is -5.10. The van der Waals surface area contributed by atoms with E-state index < -0.39 is 59.6 Å². The molecule has 264 valence electrons. The molecule has 0 radical (unpaired) electrons. The van der Waals surface area contributed by atoms with Crippen LogP contribution in [0, 0.1) is 11.8 Å². The van der Waals surface area contributed by atoms with Crippen LogP contribution < -0.4 is 14.5 Å². The van der Waals surface area contributed by atoms with Crippen LogP contribution in [0.3, 0.4) is 0 Å². The number of alkyl halides is 9. The summed E-state index contributed by atoms with van der Waals surface area (Å²) in [4.78, 5) is 15.6. The van der Waals surface area contributed by atoms with Gasteiger partial charge in [-0.05, 0) is 90.8 Å². The highest BCUT2D eigenvalue weighted by molar-refractivity contribution is 5.70. The van der Waals surface area contributed by atoms with E-state index in [9.17, 15) is 49.4 Å². The molecule has 0 saturated heterocycles. The lowest BCUT2D eigenvalue weighted by molar-refractivity contribution is -0.274. The van der Waals surface area contributed by atoms with Gasteiger partial charge in [0.15, 0.2) is 0 Å². The molecule has 18 heteroatoms. The first-order chi connectivity index (χ1) is 22.3. The van der Waals surface area contributed by atoms with Crippen molar-refractivity contribution in [1.82, 2.24) is 20.2 Å². The number of aryl methyl sites for hydroxylation is 1. The monoisotopic (exact) mass is 696 g/mol. The Bertz CT molecular complexity index is 1520. The van der Waals surface area contributed by atoms with E-state index in [2.05, 4.69) is 20.1 Å². The molecule has 0 amide bonds. The van der Waals surface area contributed by atoms with Crippen LogP contribution in [-0.4, -0.2) is 50.7 Å². The predicted octanol–water partition coefficient (Wildman–Crippen LogP) is 7.46. The second-order valence-corrected chi connectivity index (χ2v) is 11.7. The molecule has 1 aromatic heterocycles. The number of aliphatic carboxylic acids is 1. The van der Waals surface area contributed by atoms with Crippen molar-refractivity contribution in [2.24, 2.45) is 18.9 Å². The first-order valence-corrected chi connectivity index (χ1v) is 15.0. The molecule has 0 unspecified atom stereocenters. The van der Waals surface area contributed by atoms with Crippen LogP contribution in [0.4, 0.5) is 51.1 Å². The fourth-order valence-electron chi connectivity index (χ4n) is 5.81. The Morgan fingerprint density at radius 3 is 2.04 bits per heavy atom. The molecule has 1 heterocycles. The minimum Gasteiger partial charge on any atom is -0.481 e. The number of aromatic nitrogens is 4. The van der Waals surface area contributed by atoms with E-state index in [1.165, 1.54) is 18.0 Å². The van der Waals surface area contributed by atoms with Gasteiger partial charge in [0, 0.05) is 31.9 Å². The molecular weight excluding hydrogens is 663 g/mol. The summed E-state index contributed by atoms with van der Waals surface area (Å²) in [6.45, 7) is 1.79. The summed E-state index contributed by atoms with van der Waals surface area (Å²) >= 11 is 0. The SMILES string of the molecule is CCCN(C[C@H]1CC[C@H](C(=O)O)CC1)c1ccc(OC(F)(F)F)cc1CN(Cc1cc(C(F)(F)F)cc(C(F)(F)F)c1)c1nnn(C)n1. The van der Waals surface area contributed by atoms with Gasteiger partial charge >= 0.3 is 24.7 Å². The maximum Gasteiger partial charge on any atom is 0.573 e. The standard InChI is InChI=1S/C30H33F9N6O3/c1-3-10-44(15-18-4-6-20(7-5-18)26(46)47)25-9-8-24(48-30(37,38)39)13-21(25)17-45(27-40-42-43(2)41-27)16-19-11-22(28(31,32)33)14-23(12-19)29(34,35)36/h8-9,11-14,18,20H,3-7,10,15-17H2,1-2H3,(H,46,47)/t18-,20-. The third-order valence-electron chi connectivity index (χ3n) is 7.96. The van der Waals surface area contributed by atoms with Crippen molar-refractivity contribution in [3.63, 3.8) is 0 Å². The number of halogens is 9. The summed E-state index contributed by atoms with van der Waals surface area (Å²) in [7, 11) is 1.38. The third-order valence-corrected chi connectivity index (χ3v) is 7.96. The van der Waals surface area contributed by atoms with Crippen LogP contribution >= 0.6 is 0 Å². The highest BCUT2D eigenvalue weighted by Crippen LogP contribution is 2.38. The zero-order chi connectivity index (χ0) is 35.4. The lowest BCUT2D eigenvalue weighted by atomic mass is 9.81. The number of carboxylic acids is 1. The second-order valence-electron chi connectivity index (χ2n) is 11.7. The Morgan fingerprint density at radius 1 is 0.917 bits per heavy atom. The lowest BCUT2D eigenvalue weighted by Crippen LogP contribution is -2.34. The lowest BCUT2D eigenvalue weighted by Gasteiger charge is -2.34. The molecule has 1 saturated carbocycles. The van der Waals surface area contributed by atoms with Crippen molar-refractivity contribution >= 4 is 17.6 Å². The van der Waals surface area contributed by atoms with Gasteiger partial charge in [0.25, 0.3) is 5.95 Å². The van der Waals surface area contributed by atoms with E-state index in [1.54, 1.807) is 0 Å². The van der Waals surface area contributed by atoms with Crippen LogP contribution in [0.15, 0.2) is 36.4 Å². The van der Waals surface area contributed by atoms with Crippen LogP contribution in [0.1, 0.15) is 61.3 Å². The highest BCUT2D eigenvalue weighted by atomic mass is 19.4. The van der Waals surface area contributed by atoms with E-state index in [1.807, 2.05) is 11.8 Å². The third kappa shape index (κ3) is 9.88. The number of carboxylic acid groups (broad SMARTS) is 1. The van der Waals surface area contributed by atoms with Gasteiger partial charge in [-0.2, -0.15) is 31.1 Å². The van der Waals surface area contributed by atoms with E-state index in [0.29, 0.717) is 63.0 Å². The highest BCUT2D eigenvalue weighted by Gasteiger charge is 2.37. The number of carbonyl (C=O) groups is 1. The molecule has 0 bridgehead atoms. The molecule has 4 rings (SSSR count). The van der Waals surface area contributed by atoms with Gasteiger partial charge in [-0.15, -0.1) is 18.3 Å². The number of tetrazole rings is 1. The smallest absolute Gasteiger partial charge is 0.481 e. The van der Waals surface area contributed by atoms with Gasteiger partial charge in [0.2, 0.25) is 0 Å². The molecule has 0 aliphatic heterocycles. The Hall–Kier alpha value is -4.25. The number of hydrogen-bond acceptors (Lipinski definition) is 7. The van der Waals surface area contributed by atoms with Crippen LogP contribution in [0.25, 0.3) is 0 Å². The Morgan fingerprint density at radius 2 is 1.54 bits per heavy atom. The van der Waals surface area contributed by atoms with Gasteiger partial charge in [0.1, 0.15) is 5.75 Å². The van der Waals surface area contributed by atoms with Crippen molar-refractivity contribution in [3.05, 3.63) is 58.7 Å². The Labute approximate surface area is 269 Å². The number of rotatable bonds is 12. The molecule has 0 spiro atoms. The summed E-state index contributed by atoms with van der Waals surface area (Å²) in [5.74, 6) is -2.07. The summed E-state index contributed by atoms with van der Waals surface area (Å²) in [5.41, 5.74) is -2.84. The zero-order valence-corrected chi connectivity index (χ0v) is 25.8. The summed E-state index contributed by atoms with van der Waals surface area (Å²) < 4.78 is 126. The maximum atomic E-state index is 13.6. The normalized spacial score (nSPS) is 17.3. The average molecular weight is 697 g/mol. The van der Waals surface area contributed by atoms with Crippen molar-refractivity contribution in [2.75, 3.05) is 22.9 Å². The number of benzene rings is 2. The summed E-state index contributed by atoms with van der Waals surface area (Å²) in [6, 6.07) is 4.73. The Balaban J connectivity index is 1.76. The Kier molecular flexibility index (Phi) is 11.0. The van der Waals surface area contributed by atoms with Crippen molar-refractivity contribution in [1.29, 1.82) is 0 Å². The van der Waals surface area contributed by atoms with Gasteiger partial charge in [-0.3, -0.25) is 4.79 Å². The van der Waals surface area contributed by atoms with Gasteiger partial charge in [0.05, 0.1) is 24.1 Å². The fraction of sp³-hybridized carbons (Fsp3) is 0.533. The van der Waals surface area contributed by atoms with Gasteiger partial charge in [-0.25, -0.2) is 0 Å². The number of nitrogens with zero attached hydrogens (tertiary/aromatic N) is 6. The van der Waals surface area contributed by atoms with E-state index >= 15 is 0 Å². The van der Waals surface area contributed by atoms with Crippen LogP contribution in [0.5, 0.6) is 5.75 Å². The molecule has 3 aromatic rings. The molecule has 1 N–H and O–H groups in total. The molecule has 48 heavy (non-hydrogen) atoms.